The van der Waals surface area contributed by atoms with Gasteiger partial charge in [-0.1, -0.05) is 91.0 Å². The summed E-state index contributed by atoms with van der Waals surface area (Å²) >= 11 is 0. The largest absolute Gasteiger partial charge is 0.293 e. The van der Waals surface area contributed by atoms with Crippen LogP contribution < -0.4 is 0 Å². The molecule has 2 aromatic rings. The second kappa shape index (κ2) is 7.36. The average molecular weight is 352 g/mol. The van der Waals surface area contributed by atoms with Gasteiger partial charge in [-0.05, 0) is 48.5 Å². The first-order valence-electron chi connectivity index (χ1n) is 9.67. The summed E-state index contributed by atoms with van der Waals surface area (Å²) in [6.45, 7) is 2.00. The Morgan fingerprint density at radius 1 is 0.963 bits per heavy atom. The first-order chi connectivity index (χ1) is 13.3. The number of hydrogen-bond acceptors (Lipinski definition) is 1. The van der Waals surface area contributed by atoms with E-state index in [0.29, 0.717) is 6.42 Å². The Balaban J connectivity index is 1.89. The SMILES string of the molecule is C/C=C/C=C/CC1(c2ccccc2)C(=O)C(c2ccccc2)=C2CCC=C21. The molecule has 0 aromatic heterocycles. The minimum absolute atomic E-state index is 0.242. The second-order valence-electron chi connectivity index (χ2n) is 7.13. The molecule has 1 unspecified atom stereocenters. The maximum absolute atomic E-state index is 14.0. The number of ketones is 1. The zero-order valence-electron chi connectivity index (χ0n) is 15.7. The Kier molecular flexibility index (Phi) is 4.77. The predicted molar refractivity (Wildman–Crippen MR) is 112 cm³/mol. The molecule has 0 radical (unpaired) electrons. The van der Waals surface area contributed by atoms with Crippen molar-refractivity contribution in [2.45, 2.75) is 31.6 Å². The van der Waals surface area contributed by atoms with Gasteiger partial charge in [0.05, 0.1) is 5.41 Å². The summed E-state index contributed by atoms with van der Waals surface area (Å²) in [5.74, 6) is 0.242. The van der Waals surface area contributed by atoms with Gasteiger partial charge in [0, 0.05) is 5.57 Å². The van der Waals surface area contributed by atoms with E-state index in [2.05, 4.69) is 36.4 Å². The summed E-state index contributed by atoms with van der Waals surface area (Å²) in [4.78, 5) is 14.0. The fourth-order valence-electron chi connectivity index (χ4n) is 4.46. The topological polar surface area (TPSA) is 17.1 Å². The Bertz CT molecular complexity index is 958. The number of fused-ring (bicyclic) bond motifs is 1. The quantitative estimate of drug-likeness (QED) is 0.585. The lowest BCUT2D eigenvalue weighted by Gasteiger charge is -2.30. The van der Waals surface area contributed by atoms with Crippen LogP contribution in [0, 0.1) is 0 Å². The van der Waals surface area contributed by atoms with Gasteiger partial charge >= 0.3 is 0 Å². The maximum atomic E-state index is 14.0. The lowest BCUT2D eigenvalue weighted by atomic mass is 9.70. The van der Waals surface area contributed by atoms with Crippen LogP contribution in [0.5, 0.6) is 0 Å². The van der Waals surface area contributed by atoms with Crippen molar-refractivity contribution >= 4 is 11.4 Å². The van der Waals surface area contributed by atoms with Gasteiger partial charge in [-0.2, -0.15) is 0 Å². The molecule has 1 nitrogen and oxygen atoms in total. The molecule has 2 aliphatic rings. The molecule has 0 heterocycles. The first kappa shape index (κ1) is 17.5. The van der Waals surface area contributed by atoms with Gasteiger partial charge in [-0.25, -0.2) is 0 Å². The van der Waals surface area contributed by atoms with Crippen molar-refractivity contribution in [1.29, 1.82) is 0 Å². The summed E-state index contributed by atoms with van der Waals surface area (Å²) < 4.78 is 0. The van der Waals surface area contributed by atoms with Crippen LogP contribution in [-0.4, -0.2) is 5.78 Å². The van der Waals surface area contributed by atoms with E-state index >= 15 is 0 Å². The molecule has 0 fully saturated rings. The summed E-state index contributed by atoms with van der Waals surface area (Å²) in [5.41, 5.74) is 4.92. The highest BCUT2D eigenvalue weighted by atomic mass is 16.1. The van der Waals surface area contributed by atoms with Gasteiger partial charge < -0.3 is 0 Å². The standard InChI is InChI=1S/C26H24O/c1-2-3-4-11-19-26(21-15-9-6-10-16-21)23-18-12-17-22(23)24(25(26)27)20-13-7-5-8-14-20/h2-11,13-16,18H,12,17,19H2,1H3/b3-2+,11-4+. The van der Waals surface area contributed by atoms with Crippen LogP contribution in [-0.2, 0) is 10.2 Å². The zero-order valence-corrected chi connectivity index (χ0v) is 15.7. The van der Waals surface area contributed by atoms with E-state index in [1.54, 1.807) is 0 Å². The smallest absolute Gasteiger partial charge is 0.178 e. The highest BCUT2D eigenvalue weighted by Gasteiger charge is 2.52. The molecule has 2 aliphatic carbocycles. The number of rotatable bonds is 5. The second-order valence-corrected chi connectivity index (χ2v) is 7.13. The molecule has 0 saturated carbocycles. The van der Waals surface area contributed by atoms with Crippen LogP contribution in [0.2, 0.25) is 0 Å². The Hall–Kier alpha value is -2.93. The van der Waals surface area contributed by atoms with Gasteiger partial charge in [0.25, 0.3) is 0 Å². The van der Waals surface area contributed by atoms with Gasteiger partial charge in [0.1, 0.15) is 0 Å². The molecule has 2 aromatic carbocycles. The Morgan fingerprint density at radius 3 is 2.37 bits per heavy atom. The number of hydrogen-bond donors (Lipinski definition) is 0. The molecule has 1 heteroatoms. The molecular formula is C26H24O. The molecular weight excluding hydrogens is 328 g/mol. The molecule has 1 atom stereocenters. The van der Waals surface area contributed by atoms with Crippen molar-refractivity contribution in [3.8, 4) is 0 Å². The average Bonchev–Trinajstić information content (AvgIpc) is 3.27. The molecule has 134 valence electrons. The van der Waals surface area contributed by atoms with E-state index in [1.165, 1.54) is 11.1 Å². The number of benzene rings is 2. The van der Waals surface area contributed by atoms with Gasteiger partial charge in [0.15, 0.2) is 5.78 Å². The Morgan fingerprint density at radius 2 is 1.67 bits per heavy atom. The summed E-state index contributed by atoms with van der Waals surface area (Å²) in [6.07, 6.45) is 13.2. The van der Waals surface area contributed by atoms with Crippen molar-refractivity contribution in [2.75, 3.05) is 0 Å². The van der Waals surface area contributed by atoms with Crippen molar-refractivity contribution in [3.05, 3.63) is 113 Å². The van der Waals surface area contributed by atoms with Gasteiger partial charge in [0.2, 0.25) is 0 Å². The molecule has 0 spiro atoms. The molecule has 27 heavy (non-hydrogen) atoms. The molecule has 4 rings (SSSR count). The molecule has 0 N–H and O–H groups in total. The lowest BCUT2D eigenvalue weighted by molar-refractivity contribution is -0.117. The van der Waals surface area contributed by atoms with Crippen molar-refractivity contribution < 1.29 is 4.79 Å². The van der Waals surface area contributed by atoms with E-state index < -0.39 is 5.41 Å². The third-order valence-electron chi connectivity index (χ3n) is 5.64. The normalized spacial score (nSPS) is 22.1. The van der Waals surface area contributed by atoms with Gasteiger partial charge in [-0.15, -0.1) is 0 Å². The van der Waals surface area contributed by atoms with Crippen LogP contribution in [0.4, 0.5) is 0 Å². The fraction of sp³-hybridized carbons (Fsp3) is 0.192. The summed E-state index contributed by atoms with van der Waals surface area (Å²) in [5, 5.41) is 0. The lowest BCUT2D eigenvalue weighted by Crippen LogP contribution is -2.34. The van der Waals surface area contributed by atoms with E-state index in [0.717, 1.165) is 29.5 Å². The summed E-state index contributed by atoms with van der Waals surface area (Å²) in [6, 6.07) is 20.5. The van der Waals surface area contributed by atoms with E-state index in [4.69, 9.17) is 0 Å². The number of allylic oxidation sites excluding steroid dienone is 8. The third-order valence-corrected chi connectivity index (χ3v) is 5.64. The van der Waals surface area contributed by atoms with Crippen LogP contribution in [0.1, 0.15) is 37.3 Å². The van der Waals surface area contributed by atoms with Crippen LogP contribution >= 0.6 is 0 Å². The molecule has 0 aliphatic heterocycles. The van der Waals surface area contributed by atoms with Crippen LogP contribution in [0.3, 0.4) is 0 Å². The monoisotopic (exact) mass is 352 g/mol. The number of carbonyl (C=O) groups excluding carboxylic acids is 1. The number of Topliss-reactive ketones (excluding diaryl/α,β-unsaturated/α-hetero) is 1. The van der Waals surface area contributed by atoms with E-state index in [9.17, 15) is 4.79 Å². The molecule has 0 saturated heterocycles. The molecule has 0 bridgehead atoms. The highest BCUT2D eigenvalue weighted by Crippen LogP contribution is 2.54. The first-order valence-corrected chi connectivity index (χ1v) is 9.67. The minimum atomic E-state index is -0.601. The predicted octanol–water partition coefficient (Wildman–Crippen LogP) is 6.20. The van der Waals surface area contributed by atoms with Gasteiger partial charge in [-0.3, -0.25) is 4.79 Å². The highest BCUT2D eigenvalue weighted by molar-refractivity contribution is 6.32. The maximum Gasteiger partial charge on any atom is 0.178 e. The van der Waals surface area contributed by atoms with Crippen LogP contribution in [0.25, 0.3) is 5.57 Å². The zero-order chi connectivity index (χ0) is 18.7. The van der Waals surface area contributed by atoms with Crippen molar-refractivity contribution in [1.82, 2.24) is 0 Å². The fourth-order valence-corrected chi connectivity index (χ4v) is 4.46. The van der Waals surface area contributed by atoms with Crippen molar-refractivity contribution in [3.63, 3.8) is 0 Å². The van der Waals surface area contributed by atoms with E-state index in [-0.39, 0.29) is 5.78 Å². The van der Waals surface area contributed by atoms with Crippen LogP contribution in [0.15, 0.2) is 102 Å². The molecule has 0 amide bonds. The summed E-state index contributed by atoms with van der Waals surface area (Å²) in [7, 11) is 0. The minimum Gasteiger partial charge on any atom is -0.293 e. The Labute approximate surface area is 161 Å². The van der Waals surface area contributed by atoms with E-state index in [1.807, 2.05) is 61.5 Å². The van der Waals surface area contributed by atoms with Crippen molar-refractivity contribution in [2.24, 2.45) is 0 Å². The third kappa shape index (κ3) is 2.84. The number of carbonyl (C=O) groups is 1.